The molecule has 29 heavy (non-hydrogen) atoms. The third-order valence-corrected chi connectivity index (χ3v) is 4.71. The van der Waals surface area contributed by atoms with Crippen molar-refractivity contribution in [2.24, 2.45) is 0 Å². The molecular formula is C24H25NO4. The molecule has 0 atom stereocenters. The van der Waals surface area contributed by atoms with E-state index in [0.29, 0.717) is 24.3 Å². The zero-order valence-corrected chi connectivity index (χ0v) is 17.2. The van der Waals surface area contributed by atoms with Crippen LogP contribution >= 0.6 is 0 Å². The Labute approximate surface area is 170 Å². The van der Waals surface area contributed by atoms with Crippen molar-refractivity contribution in [2.45, 2.75) is 34.1 Å². The van der Waals surface area contributed by atoms with Gasteiger partial charge in [-0.25, -0.2) is 4.79 Å². The van der Waals surface area contributed by atoms with E-state index in [-0.39, 0.29) is 11.7 Å². The molecule has 2 aromatic carbocycles. The molecule has 0 spiro atoms. The fraction of sp³-hybridized carbons (Fsp3) is 0.250. The second kappa shape index (κ2) is 8.78. The number of hydrogen-bond donors (Lipinski definition) is 1. The van der Waals surface area contributed by atoms with Crippen molar-refractivity contribution in [3.8, 4) is 0 Å². The van der Waals surface area contributed by atoms with Gasteiger partial charge in [0.15, 0.2) is 5.76 Å². The van der Waals surface area contributed by atoms with Gasteiger partial charge in [0.2, 0.25) is 0 Å². The van der Waals surface area contributed by atoms with Gasteiger partial charge in [-0.05, 0) is 74.7 Å². The van der Waals surface area contributed by atoms with Crippen LogP contribution in [0.2, 0.25) is 0 Å². The second-order valence-electron chi connectivity index (χ2n) is 7.08. The molecule has 0 radical (unpaired) electrons. The van der Waals surface area contributed by atoms with Crippen molar-refractivity contribution in [1.29, 1.82) is 0 Å². The lowest BCUT2D eigenvalue weighted by atomic mass is 9.97. The van der Waals surface area contributed by atoms with E-state index in [9.17, 15) is 9.59 Å². The van der Waals surface area contributed by atoms with Gasteiger partial charge in [-0.15, -0.1) is 0 Å². The number of esters is 1. The predicted molar refractivity (Wildman–Crippen MR) is 113 cm³/mol. The fourth-order valence-electron chi connectivity index (χ4n) is 3.39. The number of amides is 1. The van der Waals surface area contributed by atoms with Gasteiger partial charge in [-0.1, -0.05) is 23.8 Å². The van der Waals surface area contributed by atoms with Gasteiger partial charge >= 0.3 is 5.97 Å². The summed E-state index contributed by atoms with van der Waals surface area (Å²) in [6.07, 6.45) is 0.629. The number of aryl methyl sites for hydroxylation is 3. The Hall–Kier alpha value is -3.34. The second-order valence-corrected chi connectivity index (χ2v) is 7.08. The summed E-state index contributed by atoms with van der Waals surface area (Å²) in [4.78, 5) is 24.4. The molecule has 5 heteroatoms. The summed E-state index contributed by atoms with van der Waals surface area (Å²) >= 11 is 0. The van der Waals surface area contributed by atoms with Gasteiger partial charge in [0.05, 0.1) is 12.2 Å². The van der Waals surface area contributed by atoms with Crippen LogP contribution in [0.4, 0.5) is 5.69 Å². The molecule has 0 fully saturated rings. The largest absolute Gasteiger partial charge is 0.462 e. The number of hydrogen-bond acceptors (Lipinski definition) is 4. The molecule has 0 saturated heterocycles. The van der Waals surface area contributed by atoms with Crippen LogP contribution in [0.1, 0.15) is 55.9 Å². The molecule has 0 aliphatic heterocycles. The predicted octanol–water partition coefficient (Wildman–Crippen LogP) is 5.22. The lowest BCUT2D eigenvalue weighted by Crippen LogP contribution is -2.12. The Balaban J connectivity index is 1.72. The van der Waals surface area contributed by atoms with Crippen LogP contribution in [0, 0.1) is 20.8 Å². The number of anilines is 1. The van der Waals surface area contributed by atoms with Crippen LogP contribution in [-0.2, 0) is 11.2 Å². The summed E-state index contributed by atoms with van der Waals surface area (Å²) in [5, 5.41) is 2.76. The Morgan fingerprint density at radius 2 is 1.72 bits per heavy atom. The zero-order valence-electron chi connectivity index (χ0n) is 17.2. The van der Waals surface area contributed by atoms with Gasteiger partial charge in [-0.2, -0.15) is 0 Å². The van der Waals surface area contributed by atoms with Gasteiger partial charge in [0.1, 0.15) is 5.76 Å². The highest BCUT2D eigenvalue weighted by molar-refractivity contribution is 6.03. The third-order valence-electron chi connectivity index (χ3n) is 4.71. The molecule has 1 aromatic heterocycles. The first-order chi connectivity index (χ1) is 13.9. The average Bonchev–Trinajstić information content (AvgIpc) is 3.14. The van der Waals surface area contributed by atoms with Gasteiger partial charge in [0.25, 0.3) is 5.91 Å². The van der Waals surface area contributed by atoms with Gasteiger partial charge < -0.3 is 14.5 Å². The summed E-state index contributed by atoms with van der Waals surface area (Å²) in [6, 6.07) is 14.4. The van der Waals surface area contributed by atoms with Crippen molar-refractivity contribution in [3.05, 3.63) is 87.9 Å². The van der Waals surface area contributed by atoms with Crippen LogP contribution in [0.3, 0.4) is 0 Å². The normalized spacial score (nSPS) is 10.6. The molecular weight excluding hydrogens is 366 g/mol. The van der Waals surface area contributed by atoms with Crippen LogP contribution in [-0.4, -0.2) is 18.5 Å². The zero-order chi connectivity index (χ0) is 21.0. The Bertz CT molecular complexity index is 1030. The summed E-state index contributed by atoms with van der Waals surface area (Å²) in [5.41, 5.74) is 5.74. The van der Waals surface area contributed by atoms with Crippen molar-refractivity contribution in [3.63, 3.8) is 0 Å². The molecule has 3 aromatic rings. The monoisotopic (exact) mass is 391 g/mol. The first-order valence-corrected chi connectivity index (χ1v) is 9.61. The number of rotatable bonds is 6. The molecule has 0 aliphatic rings. The smallest absolute Gasteiger partial charge is 0.338 e. The molecule has 0 aliphatic carbocycles. The molecule has 1 amide bonds. The minimum absolute atomic E-state index is 0.226. The Morgan fingerprint density at radius 3 is 2.41 bits per heavy atom. The fourth-order valence-corrected chi connectivity index (χ4v) is 3.39. The van der Waals surface area contributed by atoms with E-state index in [2.05, 4.69) is 38.2 Å². The van der Waals surface area contributed by atoms with Crippen molar-refractivity contribution in [2.75, 3.05) is 11.9 Å². The third kappa shape index (κ3) is 4.93. The topological polar surface area (TPSA) is 68.5 Å². The van der Waals surface area contributed by atoms with E-state index in [1.807, 2.05) is 6.07 Å². The van der Waals surface area contributed by atoms with Gasteiger partial charge in [-0.3, -0.25) is 4.79 Å². The highest BCUT2D eigenvalue weighted by atomic mass is 16.5. The maximum Gasteiger partial charge on any atom is 0.338 e. The summed E-state index contributed by atoms with van der Waals surface area (Å²) in [6.45, 7) is 8.29. The molecule has 0 saturated carbocycles. The van der Waals surface area contributed by atoms with Gasteiger partial charge in [0, 0.05) is 12.1 Å². The maximum atomic E-state index is 12.5. The van der Waals surface area contributed by atoms with Crippen LogP contribution < -0.4 is 5.32 Å². The van der Waals surface area contributed by atoms with Crippen molar-refractivity contribution < 1.29 is 18.7 Å². The molecule has 0 unspecified atom stereocenters. The summed E-state index contributed by atoms with van der Waals surface area (Å²) in [5.74, 6) is 0.164. The summed E-state index contributed by atoms with van der Waals surface area (Å²) < 4.78 is 10.8. The molecule has 5 nitrogen and oxygen atoms in total. The molecule has 0 bridgehead atoms. The standard InChI is InChI=1S/C24H25NO4/c1-5-28-24(27)18-7-6-8-19(13-18)25-23(26)22-10-9-20(29-22)14-21-16(3)11-15(2)12-17(21)4/h6-13H,5,14H2,1-4H3,(H,25,26). The summed E-state index contributed by atoms with van der Waals surface area (Å²) in [7, 11) is 0. The lowest BCUT2D eigenvalue weighted by Gasteiger charge is -2.10. The first-order valence-electron chi connectivity index (χ1n) is 9.61. The number of benzene rings is 2. The van der Waals surface area contributed by atoms with Crippen LogP contribution in [0.15, 0.2) is 52.9 Å². The quantitative estimate of drug-likeness (QED) is 0.585. The minimum Gasteiger partial charge on any atom is -0.462 e. The first kappa shape index (κ1) is 20.4. The van der Waals surface area contributed by atoms with Crippen molar-refractivity contribution >= 4 is 17.6 Å². The number of ether oxygens (including phenoxy) is 1. The SMILES string of the molecule is CCOC(=O)c1cccc(NC(=O)c2ccc(Cc3c(C)cc(C)cc3C)o2)c1. The minimum atomic E-state index is -0.423. The van der Waals surface area contributed by atoms with E-state index in [1.165, 1.54) is 22.3 Å². The van der Waals surface area contributed by atoms with E-state index in [4.69, 9.17) is 9.15 Å². The van der Waals surface area contributed by atoms with E-state index in [1.54, 1.807) is 37.3 Å². The highest BCUT2D eigenvalue weighted by Gasteiger charge is 2.15. The van der Waals surface area contributed by atoms with E-state index in [0.717, 1.165) is 5.76 Å². The number of carbonyl (C=O) groups is 2. The molecule has 1 N–H and O–H groups in total. The molecule has 3 rings (SSSR count). The number of carbonyl (C=O) groups excluding carboxylic acids is 2. The highest BCUT2D eigenvalue weighted by Crippen LogP contribution is 2.22. The molecule has 1 heterocycles. The lowest BCUT2D eigenvalue weighted by molar-refractivity contribution is 0.0526. The Kier molecular flexibility index (Phi) is 6.17. The van der Waals surface area contributed by atoms with Crippen LogP contribution in [0.5, 0.6) is 0 Å². The maximum absolute atomic E-state index is 12.5. The average molecular weight is 391 g/mol. The van der Waals surface area contributed by atoms with Crippen LogP contribution in [0.25, 0.3) is 0 Å². The Morgan fingerprint density at radius 1 is 1.00 bits per heavy atom. The molecule has 150 valence electrons. The van der Waals surface area contributed by atoms with E-state index >= 15 is 0 Å². The van der Waals surface area contributed by atoms with E-state index < -0.39 is 5.97 Å². The van der Waals surface area contributed by atoms with Crippen molar-refractivity contribution in [1.82, 2.24) is 0 Å². The number of furan rings is 1. The number of nitrogens with one attached hydrogen (secondary N) is 1.